The van der Waals surface area contributed by atoms with Crippen LogP contribution in [0.1, 0.15) is 11.1 Å². The van der Waals surface area contributed by atoms with Crippen molar-refractivity contribution in [3.8, 4) is 0 Å². The van der Waals surface area contributed by atoms with Crippen molar-refractivity contribution in [2.75, 3.05) is 9.80 Å². The first kappa shape index (κ1) is 43.1. The molecule has 2 nitrogen and oxygen atoms in total. The third-order valence-corrected chi connectivity index (χ3v) is 23.7. The van der Waals surface area contributed by atoms with Gasteiger partial charge in [-0.05, 0) is 109 Å². The Labute approximate surface area is 376 Å². The molecule has 0 fully saturated rings. The molecule has 312 valence electrons. The number of rotatable bonds is 12. The van der Waals surface area contributed by atoms with Crippen molar-refractivity contribution in [2.45, 2.75) is 66.2 Å². The van der Waals surface area contributed by atoms with Gasteiger partial charge in [-0.25, -0.2) is 0 Å². The van der Waals surface area contributed by atoms with E-state index in [1.165, 1.54) is 87.1 Å². The van der Waals surface area contributed by atoms with Gasteiger partial charge in [0.25, 0.3) is 0 Å². The molecule has 0 aliphatic heterocycles. The second-order valence-corrected chi connectivity index (χ2v) is 34.6. The number of anilines is 6. The monoisotopic (exact) mass is 874 g/mol. The van der Waals surface area contributed by atoms with Crippen LogP contribution in [0, 0.1) is 13.8 Å². The fourth-order valence-corrected chi connectivity index (χ4v) is 15.6. The Morgan fingerprint density at radius 1 is 0.339 bits per heavy atom. The summed E-state index contributed by atoms with van der Waals surface area (Å²) < 4.78 is 0. The molecule has 62 heavy (non-hydrogen) atoms. The zero-order valence-electron chi connectivity index (χ0n) is 38.4. The molecule has 0 atom stereocenters. The predicted octanol–water partition coefficient (Wildman–Crippen LogP) is 11.4. The van der Waals surface area contributed by atoms with Crippen molar-refractivity contribution in [1.82, 2.24) is 0 Å². The van der Waals surface area contributed by atoms with Gasteiger partial charge in [0.05, 0.1) is 17.6 Å². The lowest BCUT2D eigenvalue weighted by atomic mass is 9.98. The maximum absolute atomic E-state index is 2.46. The summed E-state index contributed by atoms with van der Waals surface area (Å²) in [4.78, 5) is 4.91. The molecule has 0 aliphatic rings. The molecule has 0 bridgehead atoms. The third kappa shape index (κ3) is 8.62. The lowest BCUT2D eigenvalue weighted by Crippen LogP contribution is -2.52. The van der Waals surface area contributed by atoms with Crippen LogP contribution in [0.5, 0.6) is 0 Å². The van der Waals surface area contributed by atoms with Crippen LogP contribution in [-0.2, 0) is 0 Å². The van der Waals surface area contributed by atoms with Gasteiger partial charge < -0.3 is 9.80 Å². The number of aryl methyl sites for hydroxylation is 2. The normalized spacial score (nSPS) is 12.3. The Morgan fingerprint density at radius 2 is 0.645 bits per heavy atom. The molecule has 0 saturated heterocycles. The molecular weight excluding hydrogens is 813 g/mol. The van der Waals surface area contributed by atoms with Crippen LogP contribution >= 0.6 is 0 Å². The van der Waals surface area contributed by atoms with Crippen molar-refractivity contribution < 1.29 is 0 Å². The highest BCUT2D eigenvalue weighted by atomic mass is 28.3. The minimum absolute atomic E-state index is 0.254. The second-order valence-electron chi connectivity index (χ2n) is 19.2. The van der Waals surface area contributed by atoms with E-state index >= 15 is 0 Å². The Kier molecular flexibility index (Phi) is 12.1. The average Bonchev–Trinajstić information content (AvgIpc) is 3.28. The first-order chi connectivity index (χ1) is 29.6. The third-order valence-electron chi connectivity index (χ3n) is 13.2. The van der Waals surface area contributed by atoms with Crippen LogP contribution < -0.4 is 40.9 Å². The van der Waals surface area contributed by atoms with Crippen LogP contribution in [-0.4, -0.2) is 33.7 Å². The zero-order valence-corrected chi connectivity index (χ0v) is 42.8. The lowest BCUT2D eigenvalue weighted by molar-refractivity contribution is 1.27. The molecular formula is C56H62N2Si4. The van der Waals surface area contributed by atoms with Gasteiger partial charge in [-0.3, -0.25) is 0 Å². The van der Waals surface area contributed by atoms with Gasteiger partial charge in [0.15, 0.2) is 0 Å². The largest absolute Gasteiger partial charge is 0.310 e. The van der Waals surface area contributed by atoms with Crippen LogP contribution in [0.15, 0.2) is 182 Å². The van der Waals surface area contributed by atoms with E-state index < -0.39 is 24.2 Å². The van der Waals surface area contributed by atoms with Gasteiger partial charge >= 0.3 is 0 Å². The van der Waals surface area contributed by atoms with Crippen molar-refractivity contribution in [2.24, 2.45) is 0 Å². The predicted molar refractivity (Wildman–Crippen MR) is 286 cm³/mol. The summed E-state index contributed by atoms with van der Waals surface area (Å²) in [6, 6.07) is 69.3. The highest BCUT2D eigenvalue weighted by Gasteiger charge is 2.28. The Hall–Kier alpha value is -5.51. The maximum atomic E-state index is 2.46. The Bertz CT molecular complexity index is 2790. The summed E-state index contributed by atoms with van der Waals surface area (Å²) in [5.74, 6) is 0. The molecule has 8 aromatic rings. The van der Waals surface area contributed by atoms with Crippen LogP contribution in [0.2, 0.25) is 52.4 Å². The Balaban J connectivity index is 1.22. The standard InChI is InChI=1S/C56H62N2Si4/c1-41-37-47(57(43-21-29-49(59-3)30-22-43)45-25-33-53(34-26-45)61(7,8)51-17-13-11-14-18-51)39-55-42(2)38-48(40-56(41)55)58(44-23-31-50(32-24-44)60(4,5)6)46-27-35-54(36-28-46)62(9,10)52-19-15-12-16-20-52/h11-40H,59H2,1-10H3. The van der Waals surface area contributed by atoms with E-state index in [4.69, 9.17) is 0 Å². The maximum Gasteiger partial charge on any atom is 0.112 e. The molecule has 8 aromatic carbocycles. The molecule has 0 amide bonds. The van der Waals surface area contributed by atoms with Gasteiger partial charge in [-0.1, -0.05) is 193 Å². The van der Waals surface area contributed by atoms with E-state index in [-0.39, 0.29) is 9.52 Å². The molecule has 0 heterocycles. The quantitative estimate of drug-likeness (QED) is 0.113. The van der Waals surface area contributed by atoms with Gasteiger partial charge in [-0.2, -0.15) is 0 Å². The zero-order chi connectivity index (χ0) is 43.8. The van der Waals surface area contributed by atoms with Crippen LogP contribution in [0.3, 0.4) is 0 Å². The minimum atomic E-state index is -1.86. The molecule has 6 heteroatoms. The van der Waals surface area contributed by atoms with E-state index in [0.717, 1.165) is 0 Å². The summed E-state index contributed by atoms with van der Waals surface area (Å²) >= 11 is 0. The van der Waals surface area contributed by atoms with E-state index in [0.29, 0.717) is 0 Å². The number of nitrogens with zero attached hydrogens (tertiary/aromatic N) is 2. The molecule has 0 saturated carbocycles. The second kappa shape index (κ2) is 17.3. The molecule has 0 aliphatic carbocycles. The highest BCUT2D eigenvalue weighted by Crippen LogP contribution is 2.41. The van der Waals surface area contributed by atoms with Crippen molar-refractivity contribution in [1.29, 1.82) is 0 Å². The van der Waals surface area contributed by atoms with Crippen molar-refractivity contribution in [3.05, 3.63) is 193 Å². The summed E-state index contributed by atoms with van der Waals surface area (Å²) in [6.45, 7) is 24.0. The number of hydrogen-bond donors (Lipinski definition) is 0. The fourth-order valence-electron chi connectivity index (χ4n) is 9.03. The smallest absolute Gasteiger partial charge is 0.112 e. The van der Waals surface area contributed by atoms with E-state index in [9.17, 15) is 0 Å². The van der Waals surface area contributed by atoms with Gasteiger partial charge in [-0.15, -0.1) is 0 Å². The first-order valence-electron chi connectivity index (χ1n) is 22.3. The van der Waals surface area contributed by atoms with E-state index in [1.54, 1.807) is 0 Å². The number of fused-ring (bicyclic) bond motifs is 1. The first-order valence-corrected chi connectivity index (χ1v) is 33.9. The van der Waals surface area contributed by atoms with Crippen LogP contribution in [0.4, 0.5) is 34.1 Å². The summed E-state index contributed by atoms with van der Waals surface area (Å²) in [5, 5.41) is 11.3. The van der Waals surface area contributed by atoms with Gasteiger partial charge in [0.2, 0.25) is 0 Å². The molecule has 0 spiro atoms. The topological polar surface area (TPSA) is 6.48 Å². The van der Waals surface area contributed by atoms with Crippen molar-refractivity contribution in [3.63, 3.8) is 0 Å². The SMILES string of the molecule is C[SiH2]c1ccc(N(c2ccc([Si](C)(C)c3ccccc3)cc2)c2cc(C)c3cc(N(c4ccc([Si](C)(C)C)cc4)c4ccc([Si](C)(C)c5ccccc5)cc4)cc(C)c3c2)cc1. The summed E-state index contributed by atoms with van der Waals surface area (Å²) in [6.07, 6.45) is 0. The van der Waals surface area contributed by atoms with Crippen LogP contribution in [0.25, 0.3) is 10.8 Å². The summed E-state index contributed by atoms with van der Waals surface area (Å²) in [5.41, 5.74) is 9.60. The molecule has 0 radical (unpaired) electrons. The number of hydrogen-bond acceptors (Lipinski definition) is 2. The lowest BCUT2D eigenvalue weighted by Gasteiger charge is -2.30. The number of benzene rings is 8. The minimum Gasteiger partial charge on any atom is -0.310 e. The highest BCUT2D eigenvalue weighted by molar-refractivity contribution is 7.01. The van der Waals surface area contributed by atoms with E-state index in [1.807, 2.05) is 0 Å². The van der Waals surface area contributed by atoms with Crippen molar-refractivity contribution >= 4 is 110 Å². The van der Waals surface area contributed by atoms with Gasteiger partial charge in [0, 0.05) is 34.1 Å². The molecule has 0 unspecified atom stereocenters. The average molecular weight is 875 g/mol. The fraction of sp³-hybridized carbons (Fsp3) is 0.179. The molecule has 8 rings (SSSR count). The summed E-state index contributed by atoms with van der Waals surface area (Å²) in [7, 11) is -5.44. The Morgan fingerprint density at radius 3 is 0.968 bits per heavy atom. The molecule has 0 N–H and O–H groups in total. The van der Waals surface area contributed by atoms with Gasteiger partial charge in [0.1, 0.15) is 16.1 Å². The van der Waals surface area contributed by atoms with E-state index in [2.05, 4.69) is 258 Å². The molecule has 0 aromatic heterocycles.